The molecule has 1 aromatic rings. The molecule has 0 aliphatic rings. The van der Waals surface area contributed by atoms with E-state index >= 15 is 0 Å². The van der Waals surface area contributed by atoms with Crippen molar-refractivity contribution in [3.05, 3.63) is 17.5 Å². The molecule has 0 atom stereocenters. The summed E-state index contributed by atoms with van der Waals surface area (Å²) in [6, 6.07) is 2.07. The molecule has 0 saturated heterocycles. The molecule has 4 N–H and O–H groups in total. The molecule has 1 heterocycles. The Morgan fingerprint density at radius 2 is 2.32 bits per heavy atom. The van der Waals surface area contributed by atoms with E-state index in [9.17, 15) is 0 Å². The van der Waals surface area contributed by atoms with Crippen LogP contribution in [0.25, 0.3) is 0 Å². The van der Waals surface area contributed by atoms with E-state index in [1.165, 1.54) is 5.69 Å². The highest BCUT2D eigenvalue weighted by atomic mass is 16.5. The van der Waals surface area contributed by atoms with Gasteiger partial charge in [0.25, 0.3) is 0 Å². The molecular weight excluding hydrogens is 244 g/mol. The van der Waals surface area contributed by atoms with Crippen LogP contribution in [0.3, 0.4) is 0 Å². The summed E-state index contributed by atoms with van der Waals surface area (Å²) in [6.45, 7) is 6.90. The molecule has 1 aromatic heterocycles. The van der Waals surface area contributed by atoms with Crippen LogP contribution in [0.15, 0.2) is 11.1 Å². The van der Waals surface area contributed by atoms with Gasteiger partial charge in [-0.15, -0.1) is 0 Å². The molecule has 0 aliphatic carbocycles. The van der Waals surface area contributed by atoms with Crippen LogP contribution in [0.2, 0.25) is 0 Å². The van der Waals surface area contributed by atoms with Crippen LogP contribution in [0.5, 0.6) is 0 Å². The molecule has 0 aliphatic heterocycles. The minimum absolute atomic E-state index is 0.588. The second kappa shape index (κ2) is 8.49. The fourth-order valence-corrected chi connectivity index (χ4v) is 1.74. The number of hydrogen-bond acceptors (Lipinski definition) is 4. The van der Waals surface area contributed by atoms with Crippen LogP contribution in [0.4, 0.5) is 0 Å². The minimum atomic E-state index is 0.588. The summed E-state index contributed by atoms with van der Waals surface area (Å²) in [5, 5.41) is 7.45. The molecule has 0 amide bonds. The summed E-state index contributed by atoms with van der Waals surface area (Å²) in [7, 11) is 1.66. The molecule has 0 bridgehead atoms. The molecule has 0 spiro atoms. The monoisotopic (exact) mass is 268 g/mol. The van der Waals surface area contributed by atoms with Crippen molar-refractivity contribution in [3.8, 4) is 0 Å². The first-order chi connectivity index (χ1) is 9.17. The maximum absolute atomic E-state index is 5.37. The van der Waals surface area contributed by atoms with Crippen molar-refractivity contribution >= 4 is 5.96 Å². The number of nitrogens with zero attached hydrogens (tertiary/aromatic N) is 3. The number of ether oxygens (including phenoxy) is 1. The molecule has 0 fully saturated rings. The summed E-state index contributed by atoms with van der Waals surface area (Å²) < 4.78 is 6.94. The second-order valence-electron chi connectivity index (χ2n) is 4.30. The molecule has 7 nitrogen and oxygen atoms in total. The Bertz CT molecular complexity index is 401. The van der Waals surface area contributed by atoms with Gasteiger partial charge in [0.2, 0.25) is 5.96 Å². The van der Waals surface area contributed by atoms with Gasteiger partial charge in [0, 0.05) is 32.4 Å². The third kappa shape index (κ3) is 5.71. The number of hydrazine groups is 1. The van der Waals surface area contributed by atoms with Gasteiger partial charge in [0.1, 0.15) is 0 Å². The van der Waals surface area contributed by atoms with Crippen LogP contribution < -0.4 is 16.6 Å². The summed E-state index contributed by atoms with van der Waals surface area (Å²) in [5.41, 5.74) is 4.76. The van der Waals surface area contributed by atoms with E-state index in [0.29, 0.717) is 25.7 Å². The predicted octanol–water partition coefficient (Wildman–Crippen LogP) is -0.0547. The van der Waals surface area contributed by atoms with Gasteiger partial charge in [-0.2, -0.15) is 5.10 Å². The molecule has 0 saturated carbocycles. The molecule has 1 rings (SSSR count). The fraction of sp³-hybridized carbons (Fsp3) is 0.667. The first-order valence-corrected chi connectivity index (χ1v) is 6.42. The van der Waals surface area contributed by atoms with Gasteiger partial charge in [-0.1, -0.05) is 0 Å². The Kier molecular flexibility index (Phi) is 6.91. The maximum atomic E-state index is 5.37. The quantitative estimate of drug-likeness (QED) is 0.212. The van der Waals surface area contributed by atoms with Crippen LogP contribution in [-0.4, -0.2) is 42.5 Å². The highest BCUT2D eigenvalue weighted by Crippen LogP contribution is 2.02. The SMILES string of the molecule is COCCNC(=NCCCn1nc(C)cc1C)NN. The Balaban J connectivity index is 2.29. The zero-order valence-corrected chi connectivity index (χ0v) is 11.9. The molecule has 0 unspecified atom stereocenters. The number of methoxy groups -OCH3 is 1. The number of nitrogens with one attached hydrogen (secondary N) is 2. The van der Waals surface area contributed by atoms with Crippen molar-refractivity contribution in [2.75, 3.05) is 26.8 Å². The standard InChI is InChI=1S/C12H24N6O/c1-10-9-11(2)18(17-10)7-4-5-14-12(16-13)15-6-8-19-3/h9H,4-8,13H2,1-3H3,(H2,14,15,16). The number of aryl methyl sites for hydroxylation is 3. The molecule has 19 heavy (non-hydrogen) atoms. The van der Waals surface area contributed by atoms with E-state index in [1.807, 2.05) is 11.6 Å². The van der Waals surface area contributed by atoms with Gasteiger partial charge in [-0.05, 0) is 26.3 Å². The molecule has 7 heteroatoms. The average Bonchev–Trinajstić information content (AvgIpc) is 2.71. The van der Waals surface area contributed by atoms with E-state index in [2.05, 4.69) is 33.8 Å². The lowest BCUT2D eigenvalue weighted by Gasteiger charge is -2.08. The van der Waals surface area contributed by atoms with Gasteiger partial charge in [0.15, 0.2) is 0 Å². The van der Waals surface area contributed by atoms with E-state index < -0.39 is 0 Å². The number of guanidine groups is 1. The highest BCUT2D eigenvalue weighted by Gasteiger charge is 2.00. The topological polar surface area (TPSA) is 89.5 Å². The maximum Gasteiger partial charge on any atom is 0.205 e. The van der Waals surface area contributed by atoms with Crippen LogP contribution in [0.1, 0.15) is 17.8 Å². The molecule has 0 radical (unpaired) electrons. The smallest absolute Gasteiger partial charge is 0.205 e. The molecule has 0 aromatic carbocycles. The van der Waals surface area contributed by atoms with Crippen molar-refractivity contribution < 1.29 is 4.74 Å². The third-order valence-electron chi connectivity index (χ3n) is 2.64. The lowest BCUT2D eigenvalue weighted by atomic mass is 10.4. The second-order valence-corrected chi connectivity index (χ2v) is 4.30. The van der Waals surface area contributed by atoms with Crippen molar-refractivity contribution in [1.29, 1.82) is 0 Å². The first-order valence-electron chi connectivity index (χ1n) is 6.42. The Morgan fingerprint density at radius 1 is 1.53 bits per heavy atom. The third-order valence-corrected chi connectivity index (χ3v) is 2.64. The molecule has 108 valence electrons. The van der Waals surface area contributed by atoms with Gasteiger partial charge in [-0.3, -0.25) is 15.1 Å². The minimum Gasteiger partial charge on any atom is -0.383 e. The summed E-state index contributed by atoms with van der Waals surface area (Å²) in [5.74, 6) is 5.96. The average molecular weight is 268 g/mol. The van der Waals surface area contributed by atoms with E-state index in [4.69, 9.17) is 10.6 Å². The highest BCUT2D eigenvalue weighted by molar-refractivity contribution is 5.79. The zero-order chi connectivity index (χ0) is 14.1. The summed E-state index contributed by atoms with van der Waals surface area (Å²) in [6.07, 6.45) is 0.916. The number of rotatable bonds is 7. The van der Waals surface area contributed by atoms with Crippen molar-refractivity contribution in [2.45, 2.75) is 26.8 Å². The number of hydrogen-bond donors (Lipinski definition) is 3. The Morgan fingerprint density at radius 3 is 2.89 bits per heavy atom. The van der Waals surface area contributed by atoms with E-state index in [1.54, 1.807) is 7.11 Å². The van der Waals surface area contributed by atoms with E-state index in [-0.39, 0.29) is 0 Å². The van der Waals surface area contributed by atoms with Gasteiger partial charge in [0.05, 0.1) is 12.3 Å². The van der Waals surface area contributed by atoms with E-state index in [0.717, 1.165) is 18.7 Å². The van der Waals surface area contributed by atoms with Crippen LogP contribution in [-0.2, 0) is 11.3 Å². The fourth-order valence-electron chi connectivity index (χ4n) is 1.74. The Labute approximate surface area is 114 Å². The van der Waals surface area contributed by atoms with Gasteiger partial charge < -0.3 is 10.1 Å². The number of aliphatic imine (C=N–C) groups is 1. The predicted molar refractivity (Wildman–Crippen MR) is 75.8 cm³/mol. The lowest BCUT2D eigenvalue weighted by molar-refractivity contribution is 0.203. The lowest BCUT2D eigenvalue weighted by Crippen LogP contribution is -2.42. The first kappa shape index (κ1) is 15.5. The van der Waals surface area contributed by atoms with Gasteiger partial charge in [-0.25, -0.2) is 5.84 Å². The largest absolute Gasteiger partial charge is 0.383 e. The van der Waals surface area contributed by atoms with Crippen LogP contribution in [0, 0.1) is 13.8 Å². The van der Waals surface area contributed by atoms with Crippen molar-refractivity contribution in [3.63, 3.8) is 0 Å². The zero-order valence-electron chi connectivity index (χ0n) is 11.9. The summed E-state index contributed by atoms with van der Waals surface area (Å²) in [4.78, 5) is 4.34. The Hall–Kier alpha value is -1.60. The summed E-state index contributed by atoms with van der Waals surface area (Å²) >= 11 is 0. The van der Waals surface area contributed by atoms with Crippen molar-refractivity contribution in [2.24, 2.45) is 10.8 Å². The van der Waals surface area contributed by atoms with Crippen molar-refractivity contribution in [1.82, 2.24) is 20.5 Å². The molecular formula is C12H24N6O. The van der Waals surface area contributed by atoms with Gasteiger partial charge >= 0.3 is 0 Å². The number of aromatic nitrogens is 2. The van der Waals surface area contributed by atoms with Crippen LogP contribution >= 0.6 is 0 Å². The number of nitrogens with two attached hydrogens (primary N) is 1. The normalized spacial score (nSPS) is 11.7.